The van der Waals surface area contributed by atoms with Gasteiger partial charge in [-0.05, 0) is 12.5 Å². The van der Waals surface area contributed by atoms with Crippen molar-refractivity contribution in [2.24, 2.45) is 5.73 Å². The van der Waals surface area contributed by atoms with Crippen molar-refractivity contribution < 1.29 is 71.0 Å². The molecule has 1 saturated heterocycles. The molecule has 0 bridgehead atoms. The molecule has 196 valence electrons. The number of aliphatic hydroxyl groups is 2. The van der Waals surface area contributed by atoms with Crippen LogP contribution in [0.5, 0.6) is 0 Å². The molecule has 0 spiro atoms. The minimum Gasteiger partial charge on any atom is -0.387 e. The molecule has 21 heteroatoms. The van der Waals surface area contributed by atoms with E-state index in [-0.39, 0.29) is 6.42 Å². The molecule has 34 heavy (non-hydrogen) atoms. The molecular weight excluding hydrogens is 531 g/mol. The first-order valence-corrected chi connectivity index (χ1v) is 13.8. The number of rotatable bonds is 11. The van der Waals surface area contributed by atoms with E-state index in [1.165, 1.54) is 0 Å². The molecule has 2 amide bonds. The number of carbonyl (C=O) groups is 2. The van der Waals surface area contributed by atoms with Gasteiger partial charge >= 0.3 is 29.5 Å². The number of ether oxygens (including phenoxy) is 1. The average molecular weight is 555 g/mol. The zero-order valence-electron chi connectivity index (χ0n) is 17.3. The van der Waals surface area contributed by atoms with Crippen LogP contribution >= 0.6 is 23.5 Å². The smallest absolute Gasteiger partial charge is 0.387 e. The third-order valence-electron chi connectivity index (χ3n) is 4.41. The monoisotopic (exact) mass is 555 g/mol. The Morgan fingerprint density at radius 1 is 1.18 bits per heavy atom. The number of phosphoric acid groups is 3. The van der Waals surface area contributed by atoms with Gasteiger partial charge in [0, 0.05) is 12.6 Å². The fourth-order valence-electron chi connectivity index (χ4n) is 2.91. The van der Waals surface area contributed by atoms with Crippen LogP contribution in [0.3, 0.4) is 0 Å². The SMILES string of the molecule is CCCC(=O)C1(N)C=CN([C@@H]2O[C@H](COP(=O)(O)OP(=O)(O)OP(=O)(O)O)[C@@H](O)[C@H]2O)C(=O)N1. The summed E-state index contributed by atoms with van der Waals surface area (Å²) in [5.74, 6) is -0.485. The molecule has 3 unspecified atom stereocenters. The highest BCUT2D eigenvalue weighted by molar-refractivity contribution is 7.66. The average Bonchev–Trinajstić information content (AvgIpc) is 2.92. The highest BCUT2D eigenvalue weighted by Crippen LogP contribution is 2.66. The van der Waals surface area contributed by atoms with E-state index in [1.807, 2.05) is 0 Å². The number of hydrogen-bond donors (Lipinski definition) is 8. The Morgan fingerprint density at radius 3 is 2.32 bits per heavy atom. The highest BCUT2D eigenvalue weighted by Gasteiger charge is 2.50. The van der Waals surface area contributed by atoms with Crippen molar-refractivity contribution in [2.75, 3.05) is 6.61 Å². The van der Waals surface area contributed by atoms with Gasteiger partial charge < -0.3 is 39.8 Å². The summed E-state index contributed by atoms with van der Waals surface area (Å²) in [5.41, 5.74) is 4.07. The number of aliphatic hydroxyl groups excluding tert-OH is 2. The number of phosphoric ester groups is 1. The van der Waals surface area contributed by atoms with Gasteiger partial charge in [-0.15, -0.1) is 0 Å². The maximum absolute atomic E-state index is 12.4. The molecule has 0 aliphatic carbocycles. The predicted molar refractivity (Wildman–Crippen MR) is 107 cm³/mol. The lowest BCUT2D eigenvalue weighted by Crippen LogP contribution is -2.66. The van der Waals surface area contributed by atoms with Crippen LogP contribution < -0.4 is 11.1 Å². The molecule has 0 radical (unpaired) electrons. The number of nitrogens with one attached hydrogen (secondary N) is 1. The van der Waals surface area contributed by atoms with Gasteiger partial charge in [-0.2, -0.15) is 8.62 Å². The largest absolute Gasteiger partial charge is 0.490 e. The first kappa shape index (κ1) is 29.2. The number of nitrogens with two attached hydrogens (primary N) is 1. The zero-order chi connectivity index (χ0) is 26.1. The summed E-state index contributed by atoms with van der Waals surface area (Å²) < 4.78 is 50.5. The Bertz CT molecular complexity index is 970. The molecular formula is C13H24N3O15P3. The Morgan fingerprint density at radius 2 is 1.79 bits per heavy atom. The number of hydrogen-bond acceptors (Lipinski definition) is 12. The van der Waals surface area contributed by atoms with Crippen LogP contribution in [0.15, 0.2) is 12.3 Å². The number of ketones is 1. The van der Waals surface area contributed by atoms with Crippen molar-refractivity contribution in [1.29, 1.82) is 0 Å². The van der Waals surface area contributed by atoms with Gasteiger partial charge in [0.1, 0.15) is 18.3 Å². The van der Waals surface area contributed by atoms with E-state index in [2.05, 4.69) is 18.5 Å². The van der Waals surface area contributed by atoms with Gasteiger partial charge in [0.2, 0.25) is 0 Å². The minimum absolute atomic E-state index is 0.0745. The standard InChI is InChI=1S/C13H24N3O15P3/c1-2-3-8(17)13(14)4-5-16(12(20)15-13)11-10(19)9(18)7(29-11)6-28-33(24,25)31-34(26,27)30-32(21,22)23/h4-5,7,9-11,18-19H,2-3,6,14H2,1H3,(H,15,20)(H,24,25)(H,26,27)(H2,21,22,23)/t7-,9-,10-,11-,13?/m1/s1. The van der Waals surface area contributed by atoms with Crippen LogP contribution in [0, 0.1) is 0 Å². The fraction of sp³-hybridized carbons (Fsp3) is 0.692. The molecule has 0 aromatic heterocycles. The van der Waals surface area contributed by atoms with Crippen LogP contribution in [-0.4, -0.2) is 83.3 Å². The lowest BCUT2D eigenvalue weighted by atomic mass is 10.0. The summed E-state index contributed by atoms with van der Waals surface area (Å²) in [6, 6.07) is -0.973. The maximum Gasteiger partial charge on any atom is 0.490 e. The molecule has 7 atom stereocenters. The van der Waals surface area contributed by atoms with Crippen molar-refractivity contribution in [3.63, 3.8) is 0 Å². The van der Waals surface area contributed by atoms with E-state index < -0.39 is 72.1 Å². The summed E-state index contributed by atoms with van der Waals surface area (Å²) in [6.07, 6.45) is -4.06. The normalized spacial score (nSPS) is 33.3. The highest BCUT2D eigenvalue weighted by atomic mass is 31.3. The van der Waals surface area contributed by atoms with Crippen LogP contribution in [0.25, 0.3) is 0 Å². The second kappa shape index (κ2) is 10.5. The van der Waals surface area contributed by atoms with Crippen LogP contribution in [0.2, 0.25) is 0 Å². The molecule has 0 aromatic carbocycles. The van der Waals surface area contributed by atoms with E-state index in [0.29, 0.717) is 6.42 Å². The molecule has 0 saturated carbocycles. The first-order chi connectivity index (χ1) is 15.4. The number of amides is 2. The van der Waals surface area contributed by atoms with Gasteiger partial charge in [0.15, 0.2) is 17.7 Å². The van der Waals surface area contributed by atoms with Crippen molar-refractivity contribution >= 4 is 35.3 Å². The van der Waals surface area contributed by atoms with Crippen LogP contribution in [0.1, 0.15) is 19.8 Å². The van der Waals surface area contributed by atoms with Gasteiger partial charge in [-0.3, -0.25) is 20.0 Å². The Kier molecular flexibility index (Phi) is 9.01. The Hall–Kier alpha value is -1.07. The third-order valence-corrected chi connectivity index (χ3v) is 8.22. The zero-order valence-corrected chi connectivity index (χ0v) is 20.0. The van der Waals surface area contributed by atoms with Gasteiger partial charge in [-0.1, -0.05) is 6.92 Å². The van der Waals surface area contributed by atoms with E-state index in [0.717, 1.165) is 17.2 Å². The molecule has 2 aliphatic rings. The number of nitrogens with zero attached hydrogens (tertiary/aromatic N) is 1. The topological polar surface area (TPSA) is 285 Å². The molecule has 1 fully saturated rings. The fourth-order valence-corrected chi connectivity index (χ4v) is 5.94. The van der Waals surface area contributed by atoms with Gasteiger partial charge in [0.25, 0.3) is 0 Å². The summed E-state index contributed by atoms with van der Waals surface area (Å²) in [7, 11) is -16.9. The van der Waals surface area contributed by atoms with Crippen LogP contribution in [-0.2, 0) is 36.4 Å². The molecule has 9 N–H and O–H groups in total. The second-order valence-corrected chi connectivity index (χ2v) is 11.5. The van der Waals surface area contributed by atoms with E-state index in [4.69, 9.17) is 25.2 Å². The summed E-state index contributed by atoms with van der Waals surface area (Å²) in [5, 5.41) is 22.6. The predicted octanol–water partition coefficient (Wildman–Crippen LogP) is -1.66. The lowest BCUT2D eigenvalue weighted by Gasteiger charge is -2.36. The van der Waals surface area contributed by atoms with Crippen molar-refractivity contribution in [3.8, 4) is 0 Å². The van der Waals surface area contributed by atoms with E-state index in [9.17, 15) is 38.4 Å². The van der Waals surface area contributed by atoms with E-state index in [1.54, 1.807) is 6.92 Å². The molecule has 18 nitrogen and oxygen atoms in total. The maximum atomic E-state index is 12.4. The second-order valence-electron chi connectivity index (χ2n) is 7.13. The Labute approximate surface area is 191 Å². The first-order valence-electron chi connectivity index (χ1n) is 9.31. The number of urea groups is 1. The lowest BCUT2D eigenvalue weighted by molar-refractivity contribution is -0.124. The van der Waals surface area contributed by atoms with Gasteiger partial charge in [0.05, 0.1) is 6.61 Å². The van der Waals surface area contributed by atoms with E-state index >= 15 is 0 Å². The quantitative estimate of drug-likeness (QED) is 0.132. The summed E-state index contributed by atoms with van der Waals surface area (Å²) >= 11 is 0. The summed E-state index contributed by atoms with van der Waals surface area (Å²) in [4.78, 5) is 60.9. The molecule has 2 heterocycles. The molecule has 2 aliphatic heterocycles. The third kappa shape index (κ3) is 7.46. The van der Waals surface area contributed by atoms with Crippen molar-refractivity contribution in [3.05, 3.63) is 12.3 Å². The number of carbonyl (C=O) groups excluding carboxylic acids is 2. The minimum atomic E-state index is -5.76. The molecule has 2 rings (SSSR count). The summed E-state index contributed by atoms with van der Waals surface area (Å²) in [6.45, 7) is 0.669. The van der Waals surface area contributed by atoms with Crippen LogP contribution in [0.4, 0.5) is 4.79 Å². The van der Waals surface area contributed by atoms with Crippen molar-refractivity contribution in [1.82, 2.24) is 10.2 Å². The number of Topliss-reactive ketones (excluding diaryl/α,β-unsaturated/α-hetero) is 1. The van der Waals surface area contributed by atoms with Crippen molar-refractivity contribution in [2.45, 2.75) is 50.0 Å². The molecule has 0 aromatic rings. The Balaban J connectivity index is 2.05. The van der Waals surface area contributed by atoms with Gasteiger partial charge in [-0.25, -0.2) is 18.5 Å².